The van der Waals surface area contributed by atoms with Crippen LogP contribution in [0.15, 0.2) is 11.1 Å². The largest absolute Gasteiger partial charge is 0.478 e. The van der Waals surface area contributed by atoms with Crippen molar-refractivity contribution in [1.29, 1.82) is 0 Å². The fraction of sp³-hybridized carbons (Fsp3) is 0.667. The van der Waals surface area contributed by atoms with E-state index in [0.717, 1.165) is 19.3 Å². The molecule has 5 heteroatoms. The lowest BCUT2D eigenvalue weighted by atomic mass is 9.80. The Labute approximate surface area is 106 Å². The third-order valence-corrected chi connectivity index (χ3v) is 4.10. The second kappa shape index (κ2) is 4.37. The molecule has 2 N–H and O–H groups in total. The molecule has 2 atom stereocenters. The molecule has 0 aromatic heterocycles. The first-order valence-electron chi connectivity index (χ1n) is 5.86. The maximum atomic E-state index is 12.0. The van der Waals surface area contributed by atoms with Gasteiger partial charge in [-0.15, -0.1) is 0 Å². The average Bonchev–Trinajstić information content (AvgIpc) is 2.78. The SMILES string of the molecule is CC12CCC(C1)C(C(=O)O)=C2C(=O)NCCS. The van der Waals surface area contributed by atoms with Crippen LogP contribution in [0.1, 0.15) is 26.2 Å². The van der Waals surface area contributed by atoms with Gasteiger partial charge in [-0.25, -0.2) is 4.79 Å². The maximum Gasteiger partial charge on any atom is 0.332 e. The number of amides is 1. The first-order valence-corrected chi connectivity index (χ1v) is 6.50. The van der Waals surface area contributed by atoms with Crippen LogP contribution in [0.5, 0.6) is 0 Å². The Morgan fingerprint density at radius 2 is 2.29 bits per heavy atom. The number of nitrogens with one attached hydrogen (secondary N) is 1. The highest BCUT2D eigenvalue weighted by Crippen LogP contribution is 2.57. The van der Waals surface area contributed by atoms with Crippen molar-refractivity contribution in [3.8, 4) is 0 Å². The van der Waals surface area contributed by atoms with E-state index in [1.807, 2.05) is 6.92 Å². The Morgan fingerprint density at radius 3 is 2.88 bits per heavy atom. The molecular formula is C12H17NO3S. The van der Waals surface area contributed by atoms with E-state index in [0.29, 0.717) is 23.4 Å². The van der Waals surface area contributed by atoms with Crippen molar-refractivity contribution in [3.63, 3.8) is 0 Å². The summed E-state index contributed by atoms with van der Waals surface area (Å²) in [5.74, 6) is -0.536. The van der Waals surface area contributed by atoms with E-state index in [1.165, 1.54) is 0 Å². The normalized spacial score (nSPS) is 30.8. The second-order valence-electron chi connectivity index (χ2n) is 5.07. The number of carbonyl (C=O) groups excluding carboxylic acids is 1. The molecule has 1 fully saturated rings. The quantitative estimate of drug-likeness (QED) is 0.662. The van der Waals surface area contributed by atoms with Crippen LogP contribution in [0.25, 0.3) is 0 Å². The van der Waals surface area contributed by atoms with Crippen LogP contribution in [0.2, 0.25) is 0 Å². The van der Waals surface area contributed by atoms with Crippen LogP contribution in [0, 0.1) is 11.3 Å². The summed E-state index contributed by atoms with van der Waals surface area (Å²) in [6.45, 7) is 2.47. The monoisotopic (exact) mass is 255 g/mol. The number of aliphatic carboxylic acids is 1. The van der Waals surface area contributed by atoms with Crippen LogP contribution < -0.4 is 5.32 Å². The minimum atomic E-state index is -0.936. The number of carboxylic acids is 1. The summed E-state index contributed by atoms with van der Waals surface area (Å²) in [6.07, 6.45) is 2.61. The van der Waals surface area contributed by atoms with Crippen molar-refractivity contribution in [3.05, 3.63) is 11.1 Å². The summed E-state index contributed by atoms with van der Waals surface area (Å²) in [5.41, 5.74) is 0.609. The number of rotatable bonds is 4. The number of hydrogen-bond donors (Lipinski definition) is 3. The van der Waals surface area contributed by atoms with Crippen LogP contribution in [-0.4, -0.2) is 29.3 Å². The van der Waals surface area contributed by atoms with Crippen LogP contribution in [0.3, 0.4) is 0 Å². The number of fused-ring (bicyclic) bond motifs is 2. The number of thiol groups is 1. The van der Waals surface area contributed by atoms with Gasteiger partial charge in [0.05, 0.1) is 0 Å². The van der Waals surface area contributed by atoms with Crippen molar-refractivity contribution < 1.29 is 14.7 Å². The third-order valence-electron chi connectivity index (χ3n) is 3.88. The van der Waals surface area contributed by atoms with E-state index in [2.05, 4.69) is 17.9 Å². The highest BCUT2D eigenvalue weighted by molar-refractivity contribution is 7.80. The molecule has 2 unspecified atom stereocenters. The minimum absolute atomic E-state index is 0.0641. The molecule has 1 saturated carbocycles. The van der Waals surface area contributed by atoms with E-state index in [1.54, 1.807) is 0 Å². The van der Waals surface area contributed by atoms with Gasteiger partial charge in [0.1, 0.15) is 0 Å². The summed E-state index contributed by atoms with van der Waals surface area (Å²) < 4.78 is 0. The van der Waals surface area contributed by atoms with Gasteiger partial charge in [0.15, 0.2) is 0 Å². The predicted molar refractivity (Wildman–Crippen MR) is 67.0 cm³/mol. The third kappa shape index (κ3) is 1.97. The molecule has 17 heavy (non-hydrogen) atoms. The zero-order chi connectivity index (χ0) is 12.6. The van der Waals surface area contributed by atoms with Gasteiger partial charge in [-0.3, -0.25) is 4.79 Å². The van der Waals surface area contributed by atoms with Crippen molar-refractivity contribution in [2.24, 2.45) is 11.3 Å². The zero-order valence-corrected chi connectivity index (χ0v) is 10.7. The first kappa shape index (κ1) is 12.5. The van der Waals surface area contributed by atoms with Gasteiger partial charge in [-0.2, -0.15) is 12.6 Å². The maximum absolute atomic E-state index is 12.0. The van der Waals surface area contributed by atoms with Crippen molar-refractivity contribution in [2.75, 3.05) is 12.3 Å². The Kier molecular flexibility index (Phi) is 3.21. The lowest BCUT2D eigenvalue weighted by Crippen LogP contribution is -2.34. The molecule has 94 valence electrons. The highest BCUT2D eigenvalue weighted by atomic mass is 32.1. The summed E-state index contributed by atoms with van der Waals surface area (Å²) in [6, 6.07) is 0. The fourth-order valence-electron chi connectivity index (χ4n) is 3.18. The van der Waals surface area contributed by atoms with Crippen LogP contribution >= 0.6 is 12.6 Å². The summed E-state index contributed by atoms with van der Waals surface area (Å²) in [4.78, 5) is 23.3. The molecule has 0 saturated heterocycles. The molecule has 2 aliphatic carbocycles. The van der Waals surface area contributed by atoms with Gasteiger partial charge in [0.2, 0.25) is 5.91 Å². The number of hydrogen-bond acceptors (Lipinski definition) is 3. The molecule has 4 nitrogen and oxygen atoms in total. The Bertz CT molecular complexity index is 405. The molecule has 0 spiro atoms. The first-order chi connectivity index (χ1) is 7.99. The van der Waals surface area contributed by atoms with Gasteiger partial charge in [-0.05, 0) is 30.6 Å². The molecule has 2 aliphatic rings. The minimum Gasteiger partial charge on any atom is -0.478 e. The molecule has 1 amide bonds. The van der Waals surface area contributed by atoms with Crippen LogP contribution in [-0.2, 0) is 9.59 Å². The van der Waals surface area contributed by atoms with Gasteiger partial charge in [0, 0.05) is 23.4 Å². The molecule has 0 radical (unpaired) electrons. The van der Waals surface area contributed by atoms with Gasteiger partial charge >= 0.3 is 5.97 Å². The van der Waals surface area contributed by atoms with E-state index in [9.17, 15) is 14.7 Å². The summed E-state index contributed by atoms with van der Waals surface area (Å²) in [7, 11) is 0. The Balaban J connectivity index is 2.33. The van der Waals surface area contributed by atoms with Crippen molar-refractivity contribution in [2.45, 2.75) is 26.2 Å². The average molecular weight is 255 g/mol. The number of carbonyl (C=O) groups is 2. The van der Waals surface area contributed by atoms with E-state index >= 15 is 0 Å². The van der Waals surface area contributed by atoms with Crippen molar-refractivity contribution in [1.82, 2.24) is 5.32 Å². The zero-order valence-electron chi connectivity index (χ0n) is 9.82. The molecule has 0 aromatic carbocycles. The molecular weight excluding hydrogens is 238 g/mol. The summed E-state index contributed by atoms with van der Waals surface area (Å²) in [5, 5.41) is 12.0. The molecule has 0 heterocycles. The second-order valence-corrected chi connectivity index (χ2v) is 5.52. The summed E-state index contributed by atoms with van der Waals surface area (Å²) >= 11 is 4.03. The van der Waals surface area contributed by atoms with Gasteiger partial charge in [0.25, 0.3) is 0 Å². The Morgan fingerprint density at radius 1 is 1.59 bits per heavy atom. The standard InChI is InChI=1S/C12H17NO3S/c1-12-3-2-7(6-12)8(11(15)16)9(12)10(14)13-4-5-17/h7,17H,2-6H2,1H3,(H,13,14)(H,15,16). The number of carboxylic acid groups (broad SMARTS) is 1. The Hall–Kier alpha value is -0.970. The molecule has 2 bridgehead atoms. The van der Waals surface area contributed by atoms with Crippen molar-refractivity contribution >= 4 is 24.5 Å². The molecule has 0 aromatic rings. The topological polar surface area (TPSA) is 66.4 Å². The van der Waals surface area contributed by atoms with E-state index in [-0.39, 0.29) is 17.2 Å². The predicted octanol–water partition coefficient (Wildman–Crippen LogP) is 1.23. The fourth-order valence-corrected chi connectivity index (χ4v) is 3.29. The van der Waals surface area contributed by atoms with Gasteiger partial charge in [-0.1, -0.05) is 6.92 Å². The smallest absolute Gasteiger partial charge is 0.332 e. The van der Waals surface area contributed by atoms with Gasteiger partial charge < -0.3 is 10.4 Å². The molecule has 2 rings (SSSR count). The molecule has 0 aliphatic heterocycles. The lowest BCUT2D eigenvalue weighted by molar-refractivity contribution is -0.133. The highest BCUT2D eigenvalue weighted by Gasteiger charge is 2.52. The van der Waals surface area contributed by atoms with E-state index in [4.69, 9.17) is 0 Å². The van der Waals surface area contributed by atoms with E-state index < -0.39 is 5.97 Å². The lowest BCUT2D eigenvalue weighted by Gasteiger charge is -2.25. The van der Waals surface area contributed by atoms with Crippen LogP contribution in [0.4, 0.5) is 0 Å².